The molecule has 4 nitrogen and oxygen atoms in total. The van der Waals surface area contributed by atoms with Crippen LogP contribution in [0.3, 0.4) is 0 Å². The number of piperidine rings is 1. The monoisotopic (exact) mass is 440 g/mol. The van der Waals surface area contributed by atoms with Crippen LogP contribution < -0.4 is 5.32 Å². The highest BCUT2D eigenvalue weighted by atomic mass is 16.2. The van der Waals surface area contributed by atoms with Crippen LogP contribution in [0, 0.1) is 12.3 Å². The zero-order chi connectivity index (χ0) is 23.3. The summed E-state index contributed by atoms with van der Waals surface area (Å²) in [6.07, 6.45) is 2.44. The highest BCUT2D eigenvalue weighted by molar-refractivity contribution is 5.84. The predicted molar refractivity (Wildman–Crippen MR) is 133 cm³/mol. The SMILES string of the molecule is CNC(=O)C1(Cc2ccc(-c3ccccc3)cc2)CCN(C(=O)Cc2ccc(C)cc2)CC1. The largest absolute Gasteiger partial charge is 0.359 e. The van der Waals surface area contributed by atoms with Gasteiger partial charge in [-0.2, -0.15) is 0 Å². The summed E-state index contributed by atoms with van der Waals surface area (Å²) in [4.78, 5) is 27.7. The third-order valence-corrected chi connectivity index (χ3v) is 6.86. The second-order valence-electron chi connectivity index (χ2n) is 9.14. The maximum Gasteiger partial charge on any atom is 0.226 e. The maximum atomic E-state index is 13.0. The van der Waals surface area contributed by atoms with Crippen molar-refractivity contribution in [2.45, 2.75) is 32.6 Å². The number of benzene rings is 3. The molecule has 33 heavy (non-hydrogen) atoms. The van der Waals surface area contributed by atoms with Crippen molar-refractivity contribution in [3.63, 3.8) is 0 Å². The molecule has 1 aliphatic rings. The molecule has 3 aromatic carbocycles. The minimum atomic E-state index is -0.482. The lowest BCUT2D eigenvalue weighted by atomic mass is 9.72. The van der Waals surface area contributed by atoms with Gasteiger partial charge in [0.2, 0.25) is 11.8 Å². The van der Waals surface area contributed by atoms with E-state index in [2.05, 4.69) is 41.7 Å². The molecule has 1 aliphatic heterocycles. The molecule has 1 saturated heterocycles. The first-order chi connectivity index (χ1) is 16.0. The molecule has 0 unspecified atom stereocenters. The minimum absolute atomic E-state index is 0.0697. The van der Waals surface area contributed by atoms with Crippen LogP contribution in [-0.4, -0.2) is 36.9 Å². The number of hydrogen-bond donors (Lipinski definition) is 1. The molecule has 4 rings (SSSR count). The molecule has 1 fully saturated rings. The molecule has 4 heteroatoms. The second kappa shape index (κ2) is 10.0. The number of aryl methyl sites for hydroxylation is 1. The summed E-state index contributed by atoms with van der Waals surface area (Å²) in [7, 11) is 1.71. The number of likely N-dealkylation sites (tertiary alicyclic amines) is 1. The van der Waals surface area contributed by atoms with Gasteiger partial charge in [0.15, 0.2) is 0 Å². The third kappa shape index (κ3) is 5.33. The highest BCUT2D eigenvalue weighted by Crippen LogP contribution is 2.36. The van der Waals surface area contributed by atoms with Crippen molar-refractivity contribution in [2.75, 3.05) is 20.1 Å². The lowest BCUT2D eigenvalue weighted by molar-refractivity contribution is -0.140. The van der Waals surface area contributed by atoms with Gasteiger partial charge in [0.25, 0.3) is 0 Å². The topological polar surface area (TPSA) is 49.4 Å². The molecule has 0 aliphatic carbocycles. The average Bonchev–Trinajstić information content (AvgIpc) is 2.86. The molecule has 0 atom stereocenters. The van der Waals surface area contributed by atoms with Crippen LogP contribution in [0.15, 0.2) is 78.9 Å². The van der Waals surface area contributed by atoms with Gasteiger partial charge in [0.1, 0.15) is 0 Å². The Labute approximate surface area is 196 Å². The van der Waals surface area contributed by atoms with Gasteiger partial charge in [-0.3, -0.25) is 9.59 Å². The Balaban J connectivity index is 1.43. The van der Waals surface area contributed by atoms with Crippen molar-refractivity contribution in [3.8, 4) is 11.1 Å². The van der Waals surface area contributed by atoms with Crippen LogP contribution in [0.4, 0.5) is 0 Å². The standard InChI is InChI=1S/C29H32N2O2/c1-22-8-10-23(11-9-22)20-27(32)31-18-16-29(17-19-31,28(33)30-2)21-24-12-14-26(15-13-24)25-6-4-3-5-7-25/h3-15H,16-21H2,1-2H3,(H,30,33). The van der Waals surface area contributed by atoms with Crippen molar-refractivity contribution in [3.05, 3.63) is 95.6 Å². The summed E-state index contributed by atoms with van der Waals surface area (Å²) in [5.41, 5.74) is 5.25. The summed E-state index contributed by atoms with van der Waals surface area (Å²) in [5.74, 6) is 0.205. The second-order valence-corrected chi connectivity index (χ2v) is 9.14. The van der Waals surface area contributed by atoms with Crippen LogP contribution in [0.1, 0.15) is 29.5 Å². The zero-order valence-corrected chi connectivity index (χ0v) is 19.5. The first-order valence-corrected chi connectivity index (χ1v) is 11.7. The fourth-order valence-electron chi connectivity index (χ4n) is 4.76. The van der Waals surface area contributed by atoms with Gasteiger partial charge in [-0.15, -0.1) is 0 Å². The first-order valence-electron chi connectivity index (χ1n) is 11.7. The summed E-state index contributed by atoms with van der Waals surface area (Å²) in [6.45, 7) is 3.27. The molecular weight excluding hydrogens is 408 g/mol. The van der Waals surface area contributed by atoms with Crippen molar-refractivity contribution in [1.29, 1.82) is 0 Å². The van der Waals surface area contributed by atoms with E-state index in [-0.39, 0.29) is 11.8 Å². The van der Waals surface area contributed by atoms with Crippen LogP contribution in [0.25, 0.3) is 11.1 Å². The Bertz CT molecular complexity index is 1080. The fourth-order valence-corrected chi connectivity index (χ4v) is 4.76. The summed E-state index contributed by atoms with van der Waals surface area (Å²) >= 11 is 0. The van der Waals surface area contributed by atoms with E-state index in [1.807, 2.05) is 54.3 Å². The molecule has 0 spiro atoms. The Morgan fingerprint density at radius 2 is 1.39 bits per heavy atom. The Kier molecular flexibility index (Phi) is 6.93. The summed E-state index contributed by atoms with van der Waals surface area (Å²) in [6, 6.07) is 26.9. The van der Waals surface area contributed by atoms with E-state index in [0.29, 0.717) is 38.8 Å². The van der Waals surface area contributed by atoms with Crippen molar-refractivity contribution in [1.82, 2.24) is 10.2 Å². The lowest BCUT2D eigenvalue weighted by Gasteiger charge is -2.40. The van der Waals surface area contributed by atoms with Gasteiger partial charge in [-0.05, 0) is 48.4 Å². The van der Waals surface area contributed by atoms with E-state index in [9.17, 15) is 9.59 Å². The smallest absolute Gasteiger partial charge is 0.226 e. The summed E-state index contributed by atoms with van der Waals surface area (Å²) < 4.78 is 0. The molecule has 0 radical (unpaired) electrons. The minimum Gasteiger partial charge on any atom is -0.359 e. The number of nitrogens with zero attached hydrogens (tertiary/aromatic N) is 1. The number of nitrogens with one attached hydrogen (secondary N) is 1. The maximum absolute atomic E-state index is 13.0. The summed E-state index contributed by atoms with van der Waals surface area (Å²) in [5, 5.41) is 2.88. The van der Waals surface area contributed by atoms with Gasteiger partial charge in [-0.1, -0.05) is 84.4 Å². The van der Waals surface area contributed by atoms with Gasteiger partial charge in [-0.25, -0.2) is 0 Å². The van der Waals surface area contributed by atoms with Gasteiger partial charge < -0.3 is 10.2 Å². The first kappa shape index (κ1) is 22.8. The predicted octanol–water partition coefficient (Wildman–Crippen LogP) is 4.80. The molecular formula is C29H32N2O2. The molecule has 1 heterocycles. The van der Waals surface area contributed by atoms with E-state index in [4.69, 9.17) is 0 Å². The average molecular weight is 441 g/mol. The van der Waals surface area contributed by atoms with E-state index in [0.717, 1.165) is 11.1 Å². The van der Waals surface area contributed by atoms with Gasteiger partial charge >= 0.3 is 0 Å². The number of carbonyl (C=O) groups is 2. The van der Waals surface area contributed by atoms with Gasteiger partial charge in [0, 0.05) is 20.1 Å². The van der Waals surface area contributed by atoms with Crippen LogP contribution in [0.2, 0.25) is 0 Å². The van der Waals surface area contributed by atoms with Crippen LogP contribution in [0.5, 0.6) is 0 Å². The molecule has 2 amide bonds. The lowest BCUT2D eigenvalue weighted by Crippen LogP contribution is -2.50. The fraction of sp³-hybridized carbons (Fsp3) is 0.310. The third-order valence-electron chi connectivity index (χ3n) is 6.86. The van der Waals surface area contributed by atoms with Crippen molar-refractivity contribution < 1.29 is 9.59 Å². The molecule has 1 N–H and O–H groups in total. The molecule has 0 saturated carbocycles. The Morgan fingerprint density at radius 3 is 2.00 bits per heavy atom. The van der Waals surface area contributed by atoms with Crippen LogP contribution in [-0.2, 0) is 22.4 Å². The highest BCUT2D eigenvalue weighted by Gasteiger charge is 2.41. The molecule has 170 valence electrons. The molecule has 3 aromatic rings. The zero-order valence-electron chi connectivity index (χ0n) is 19.5. The number of rotatable bonds is 6. The normalized spacial score (nSPS) is 15.2. The van der Waals surface area contributed by atoms with Crippen molar-refractivity contribution in [2.24, 2.45) is 5.41 Å². The van der Waals surface area contributed by atoms with Gasteiger partial charge in [0.05, 0.1) is 11.8 Å². The number of amides is 2. The Hall–Kier alpha value is -3.40. The van der Waals surface area contributed by atoms with E-state index < -0.39 is 5.41 Å². The van der Waals surface area contributed by atoms with E-state index in [1.54, 1.807) is 7.05 Å². The van der Waals surface area contributed by atoms with E-state index in [1.165, 1.54) is 16.7 Å². The number of hydrogen-bond acceptors (Lipinski definition) is 2. The number of carbonyl (C=O) groups excluding carboxylic acids is 2. The van der Waals surface area contributed by atoms with E-state index >= 15 is 0 Å². The molecule has 0 aromatic heterocycles. The van der Waals surface area contributed by atoms with Crippen LogP contribution >= 0.6 is 0 Å². The van der Waals surface area contributed by atoms with Crippen molar-refractivity contribution >= 4 is 11.8 Å². The quantitative estimate of drug-likeness (QED) is 0.598. The molecule has 0 bridgehead atoms. The Morgan fingerprint density at radius 1 is 0.818 bits per heavy atom.